The molecule has 0 spiro atoms. The van der Waals surface area contributed by atoms with Crippen LogP contribution in [0.25, 0.3) is 0 Å². The molecule has 0 aromatic heterocycles. The number of aliphatic imine (C=N–C) groups is 1. The highest BCUT2D eigenvalue weighted by Gasteiger charge is 2.14. The van der Waals surface area contributed by atoms with E-state index in [0.29, 0.717) is 0 Å². The van der Waals surface area contributed by atoms with Crippen LogP contribution >= 0.6 is 11.8 Å². The maximum Gasteiger partial charge on any atom is 0.0963 e. The first kappa shape index (κ1) is 11.3. The molecule has 0 atom stereocenters. The van der Waals surface area contributed by atoms with Crippen molar-refractivity contribution in [2.45, 2.75) is 38.5 Å². The van der Waals surface area contributed by atoms with E-state index in [-0.39, 0.29) is 0 Å². The SMILES string of the molecule is C1CCN=C(NCC2CCSCC2)CC1. The molecule has 0 radical (unpaired) electrons. The van der Waals surface area contributed by atoms with Crippen LogP contribution in [0.3, 0.4) is 0 Å². The van der Waals surface area contributed by atoms with Crippen molar-refractivity contribution in [3.05, 3.63) is 0 Å². The summed E-state index contributed by atoms with van der Waals surface area (Å²) in [7, 11) is 0. The van der Waals surface area contributed by atoms with Crippen LogP contribution in [0.2, 0.25) is 0 Å². The van der Waals surface area contributed by atoms with Gasteiger partial charge in [0.15, 0.2) is 0 Å². The number of nitrogens with zero attached hydrogens (tertiary/aromatic N) is 1. The van der Waals surface area contributed by atoms with Gasteiger partial charge in [0.25, 0.3) is 0 Å². The van der Waals surface area contributed by atoms with E-state index < -0.39 is 0 Å². The summed E-state index contributed by atoms with van der Waals surface area (Å²) in [6, 6.07) is 0. The van der Waals surface area contributed by atoms with E-state index in [1.165, 1.54) is 62.4 Å². The average Bonchev–Trinajstić information content (AvgIpc) is 2.56. The summed E-state index contributed by atoms with van der Waals surface area (Å²) in [6.45, 7) is 2.21. The quantitative estimate of drug-likeness (QED) is 0.783. The molecule has 1 saturated heterocycles. The first-order valence-electron chi connectivity index (χ1n) is 6.30. The molecule has 0 aliphatic carbocycles. The molecule has 2 nitrogen and oxygen atoms in total. The molecule has 0 aromatic carbocycles. The molecule has 86 valence electrons. The molecule has 0 bridgehead atoms. The summed E-state index contributed by atoms with van der Waals surface area (Å²) < 4.78 is 0. The Bertz CT molecular complexity index is 210. The molecule has 0 amide bonds. The van der Waals surface area contributed by atoms with Gasteiger partial charge in [-0.3, -0.25) is 4.99 Å². The Kier molecular flexibility index (Phi) is 4.84. The van der Waals surface area contributed by atoms with Crippen molar-refractivity contribution in [1.82, 2.24) is 5.32 Å². The number of amidine groups is 1. The normalized spacial score (nSPS) is 24.4. The third-order valence-corrected chi connectivity index (χ3v) is 4.36. The Balaban J connectivity index is 1.69. The van der Waals surface area contributed by atoms with E-state index in [9.17, 15) is 0 Å². The molecular weight excluding hydrogens is 204 g/mol. The average molecular weight is 226 g/mol. The van der Waals surface area contributed by atoms with E-state index in [4.69, 9.17) is 0 Å². The summed E-state index contributed by atoms with van der Waals surface area (Å²) in [6.07, 6.45) is 7.93. The molecule has 2 aliphatic heterocycles. The van der Waals surface area contributed by atoms with Crippen LogP contribution < -0.4 is 5.32 Å². The zero-order valence-electron chi connectivity index (χ0n) is 9.50. The maximum atomic E-state index is 4.61. The summed E-state index contributed by atoms with van der Waals surface area (Å²) in [5.41, 5.74) is 0. The highest BCUT2D eigenvalue weighted by molar-refractivity contribution is 7.99. The maximum absolute atomic E-state index is 4.61. The number of nitrogens with one attached hydrogen (secondary N) is 1. The molecule has 3 heteroatoms. The molecule has 0 saturated carbocycles. The Hall–Kier alpha value is -0.180. The zero-order valence-corrected chi connectivity index (χ0v) is 10.3. The number of rotatable bonds is 2. The molecule has 15 heavy (non-hydrogen) atoms. The highest BCUT2D eigenvalue weighted by atomic mass is 32.2. The van der Waals surface area contributed by atoms with Crippen LogP contribution in [0.4, 0.5) is 0 Å². The lowest BCUT2D eigenvalue weighted by atomic mass is 10.0. The van der Waals surface area contributed by atoms with Gasteiger partial charge in [0.2, 0.25) is 0 Å². The van der Waals surface area contributed by atoms with Gasteiger partial charge in [0.1, 0.15) is 0 Å². The molecule has 2 rings (SSSR count). The zero-order chi connectivity index (χ0) is 10.3. The van der Waals surface area contributed by atoms with Crippen LogP contribution in [0.15, 0.2) is 4.99 Å². The van der Waals surface area contributed by atoms with Crippen LogP contribution in [0, 0.1) is 5.92 Å². The van der Waals surface area contributed by atoms with Crippen LogP contribution in [-0.2, 0) is 0 Å². The van der Waals surface area contributed by atoms with Gasteiger partial charge in [-0.25, -0.2) is 0 Å². The van der Waals surface area contributed by atoms with Gasteiger partial charge in [0.05, 0.1) is 5.84 Å². The molecule has 0 aromatic rings. The minimum absolute atomic E-state index is 0.900. The van der Waals surface area contributed by atoms with Crippen LogP contribution in [-0.4, -0.2) is 30.4 Å². The van der Waals surface area contributed by atoms with Crippen molar-refractivity contribution < 1.29 is 0 Å². The van der Waals surface area contributed by atoms with Crippen LogP contribution in [0.5, 0.6) is 0 Å². The van der Waals surface area contributed by atoms with E-state index in [1.807, 2.05) is 0 Å². The Labute approximate surface area is 97.3 Å². The second kappa shape index (κ2) is 6.41. The lowest BCUT2D eigenvalue weighted by Crippen LogP contribution is -2.30. The minimum Gasteiger partial charge on any atom is -0.374 e. The molecule has 0 unspecified atom stereocenters. The van der Waals surface area contributed by atoms with Gasteiger partial charge in [-0.15, -0.1) is 0 Å². The van der Waals surface area contributed by atoms with Gasteiger partial charge in [-0.2, -0.15) is 11.8 Å². The second-order valence-electron chi connectivity index (χ2n) is 4.58. The second-order valence-corrected chi connectivity index (χ2v) is 5.80. The monoisotopic (exact) mass is 226 g/mol. The molecule has 2 aliphatic rings. The summed E-state index contributed by atoms with van der Waals surface area (Å²) in [4.78, 5) is 4.61. The van der Waals surface area contributed by atoms with Crippen LogP contribution in [0.1, 0.15) is 38.5 Å². The van der Waals surface area contributed by atoms with E-state index in [0.717, 1.165) is 12.5 Å². The van der Waals surface area contributed by atoms with Gasteiger partial charge >= 0.3 is 0 Å². The Morgan fingerprint density at radius 3 is 2.93 bits per heavy atom. The topological polar surface area (TPSA) is 24.4 Å². The van der Waals surface area contributed by atoms with Crippen molar-refractivity contribution in [3.63, 3.8) is 0 Å². The number of hydrogen-bond acceptors (Lipinski definition) is 3. The Morgan fingerprint density at radius 2 is 2.07 bits per heavy atom. The van der Waals surface area contributed by atoms with E-state index in [2.05, 4.69) is 22.1 Å². The fourth-order valence-corrected chi connectivity index (χ4v) is 3.44. The van der Waals surface area contributed by atoms with Crippen molar-refractivity contribution in [3.8, 4) is 0 Å². The standard InChI is InChI=1S/C12H22N2S/c1-2-4-12(13-7-3-1)14-10-11-5-8-15-9-6-11/h11H,1-10H2,(H,13,14). The van der Waals surface area contributed by atoms with Crippen molar-refractivity contribution >= 4 is 17.6 Å². The van der Waals surface area contributed by atoms with E-state index in [1.54, 1.807) is 0 Å². The predicted molar refractivity (Wildman–Crippen MR) is 68.8 cm³/mol. The third kappa shape index (κ3) is 4.06. The van der Waals surface area contributed by atoms with Gasteiger partial charge < -0.3 is 5.32 Å². The van der Waals surface area contributed by atoms with Gasteiger partial charge in [-0.05, 0) is 43.1 Å². The smallest absolute Gasteiger partial charge is 0.0963 e. The first-order valence-corrected chi connectivity index (χ1v) is 7.45. The lowest BCUT2D eigenvalue weighted by Gasteiger charge is -2.22. The fraction of sp³-hybridized carbons (Fsp3) is 0.917. The lowest BCUT2D eigenvalue weighted by molar-refractivity contribution is 0.480. The largest absolute Gasteiger partial charge is 0.374 e. The summed E-state index contributed by atoms with van der Waals surface area (Å²) in [5.74, 6) is 4.90. The molecule has 2 heterocycles. The summed E-state index contributed by atoms with van der Waals surface area (Å²) in [5, 5.41) is 3.57. The van der Waals surface area contributed by atoms with Crippen molar-refractivity contribution in [2.24, 2.45) is 10.9 Å². The van der Waals surface area contributed by atoms with Crippen molar-refractivity contribution in [2.75, 3.05) is 24.6 Å². The van der Waals surface area contributed by atoms with Gasteiger partial charge in [-0.1, -0.05) is 6.42 Å². The highest BCUT2D eigenvalue weighted by Crippen LogP contribution is 2.22. The van der Waals surface area contributed by atoms with Gasteiger partial charge in [0, 0.05) is 19.5 Å². The number of hydrogen-bond donors (Lipinski definition) is 1. The third-order valence-electron chi connectivity index (χ3n) is 3.31. The number of thioether (sulfide) groups is 1. The van der Waals surface area contributed by atoms with Crippen molar-refractivity contribution in [1.29, 1.82) is 0 Å². The Morgan fingerprint density at radius 1 is 1.20 bits per heavy atom. The molecular formula is C12H22N2S. The van der Waals surface area contributed by atoms with E-state index >= 15 is 0 Å². The minimum atomic E-state index is 0.900. The molecule has 1 N–H and O–H groups in total. The predicted octanol–water partition coefficient (Wildman–Crippen LogP) is 2.69. The fourth-order valence-electron chi connectivity index (χ4n) is 2.23. The first-order chi connectivity index (χ1) is 7.45. The summed E-state index contributed by atoms with van der Waals surface area (Å²) >= 11 is 2.11. The molecule has 1 fully saturated rings.